The van der Waals surface area contributed by atoms with Gasteiger partial charge in [0.2, 0.25) is 5.91 Å². The van der Waals surface area contributed by atoms with Crippen LogP contribution in [0, 0.1) is 12.8 Å². The molecule has 5 heteroatoms. The molecule has 2 aromatic heterocycles. The lowest BCUT2D eigenvalue weighted by atomic mass is 9.90. The van der Waals surface area contributed by atoms with Crippen LogP contribution in [0.15, 0.2) is 22.7 Å². The Bertz CT molecular complexity index is 731. The van der Waals surface area contributed by atoms with Crippen molar-refractivity contribution in [3.8, 4) is 0 Å². The van der Waals surface area contributed by atoms with Crippen LogP contribution in [-0.4, -0.2) is 27.1 Å². The van der Waals surface area contributed by atoms with E-state index in [-0.39, 0.29) is 11.9 Å². The predicted octanol–water partition coefficient (Wildman–Crippen LogP) is 3.82. The van der Waals surface area contributed by atoms with Gasteiger partial charge in [0.15, 0.2) is 0 Å². The molecule has 1 saturated heterocycles. The lowest BCUT2D eigenvalue weighted by Crippen LogP contribution is -2.40. The monoisotopic (exact) mass is 343 g/mol. The normalized spacial score (nSPS) is 20.9. The summed E-state index contributed by atoms with van der Waals surface area (Å²) in [5.41, 5.74) is 2.17. The van der Waals surface area contributed by atoms with E-state index < -0.39 is 0 Å². The summed E-state index contributed by atoms with van der Waals surface area (Å²) >= 11 is 0. The minimum atomic E-state index is 0.0755. The molecule has 2 atom stereocenters. The number of rotatable bonds is 5. The third kappa shape index (κ3) is 3.97. The molecule has 0 unspecified atom stereocenters. The molecule has 0 aromatic carbocycles. The Morgan fingerprint density at radius 3 is 2.84 bits per heavy atom. The molecule has 1 aliphatic rings. The number of carbonyl (C=O) groups excluding carboxylic acids is 1. The van der Waals surface area contributed by atoms with Crippen molar-refractivity contribution in [2.24, 2.45) is 13.0 Å². The molecule has 3 heterocycles. The molecule has 0 N–H and O–H groups in total. The maximum Gasteiger partial charge on any atom is 0.223 e. The van der Waals surface area contributed by atoms with Gasteiger partial charge in [-0.05, 0) is 49.8 Å². The second-order valence-electron chi connectivity index (χ2n) is 7.30. The number of hydrogen-bond donors (Lipinski definition) is 0. The van der Waals surface area contributed by atoms with Gasteiger partial charge in [-0.2, -0.15) is 5.10 Å². The molecule has 5 nitrogen and oxygen atoms in total. The van der Waals surface area contributed by atoms with E-state index in [9.17, 15) is 4.79 Å². The number of hydrogen-bond acceptors (Lipinski definition) is 3. The molecule has 25 heavy (non-hydrogen) atoms. The zero-order valence-electron chi connectivity index (χ0n) is 15.8. The van der Waals surface area contributed by atoms with Gasteiger partial charge in [0.25, 0.3) is 0 Å². The fraction of sp³-hybridized carbons (Fsp3) is 0.600. The number of carbonyl (C=O) groups is 1. The van der Waals surface area contributed by atoms with E-state index in [4.69, 9.17) is 4.42 Å². The number of piperidine rings is 1. The molecule has 3 rings (SSSR count). The maximum atomic E-state index is 12.9. The Kier molecular flexibility index (Phi) is 5.30. The number of nitrogens with zero attached hydrogens (tertiary/aromatic N) is 3. The summed E-state index contributed by atoms with van der Waals surface area (Å²) in [7, 11) is 1.92. The first-order valence-corrected chi connectivity index (χ1v) is 9.35. The lowest BCUT2D eigenvalue weighted by molar-refractivity contribution is -0.136. The fourth-order valence-electron chi connectivity index (χ4n) is 3.75. The Hall–Kier alpha value is -2.04. The van der Waals surface area contributed by atoms with E-state index in [2.05, 4.69) is 18.9 Å². The number of amides is 1. The topological polar surface area (TPSA) is 51.3 Å². The third-order valence-electron chi connectivity index (χ3n) is 5.27. The summed E-state index contributed by atoms with van der Waals surface area (Å²) in [5.74, 6) is 2.76. The van der Waals surface area contributed by atoms with Gasteiger partial charge in [0.1, 0.15) is 11.5 Å². The van der Waals surface area contributed by atoms with Crippen molar-refractivity contribution in [2.75, 3.05) is 6.54 Å². The van der Waals surface area contributed by atoms with Crippen LogP contribution >= 0.6 is 0 Å². The summed E-state index contributed by atoms with van der Waals surface area (Å²) in [4.78, 5) is 14.9. The Morgan fingerprint density at radius 2 is 2.20 bits per heavy atom. The largest absolute Gasteiger partial charge is 0.464 e. The molecule has 0 bridgehead atoms. The van der Waals surface area contributed by atoms with Crippen LogP contribution in [0.4, 0.5) is 0 Å². The summed E-state index contributed by atoms with van der Waals surface area (Å²) in [6, 6.07) is 4.16. The van der Waals surface area contributed by atoms with Crippen molar-refractivity contribution in [1.29, 1.82) is 0 Å². The van der Waals surface area contributed by atoms with Crippen LogP contribution < -0.4 is 0 Å². The highest BCUT2D eigenvalue weighted by atomic mass is 16.3. The first-order chi connectivity index (χ1) is 12.0. The van der Waals surface area contributed by atoms with E-state index in [1.807, 2.05) is 41.9 Å². The van der Waals surface area contributed by atoms with Crippen LogP contribution in [0.1, 0.15) is 61.9 Å². The lowest BCUT2D eigenvalue weighted by Gasteiger charge is -2.37. The third-order valence-corrected chi connectivity index (χ3v) is 5.27. The maximum absolute atomic E-state index is 12.9. The SMILES string of the molecule is CCc1ccc([C@@H]2C[C@H](C)CCN2C(=O)CCc2cn(C)nc2C)o1. The average molecular weight is 343 g/mol. The van der Waals surface area contributed by atoms with E-state index in [1.165, 1.54) is 0 Å². The van der Waals surface area contributed by atoms with Crippen LogP contribution in [0.2, 0.25) is 0 Å². The van der Waals surface area contributed by atoms with Gasteiger partial charge in [-0.15, -0.1) is 0 Å². The second-order valence-corrected chi connectivity index (χ2v) is 7.30. The van der Waals surface area contributed by atoms with Gasteiger partial charge in [0.05, 0.1) is 11.7 Å². The van der Waals surface area contributed by atoms with Crippen molar-refractivity contribution in [3.63, 3.8) is 0 Å². The van der Waals surface area contributed by atoms with Crippen molar-refractivity contribution < 1.29 is 9.21 Å². The first-order valence-electron chi connectivity index (χ1n) is 9.35. The molecule has 1 aliphatic heterocycles. The first kappa shape index (κ1) is 17.8. The molecular formula is C20H29N3O2. The van der Waals surface area contributed by atoms with Gasteiger partial charge in [0, 0.05) is 32.6 Å². The number of likely N-dealkylation sites (tertiary alicyclic amines) is 1. The highest BCUT2D eigenvalue weighted by molar-refractivity contribution is 5.77. The Balaban J connectivity index is 1.71. The van der Waals surface area contributed by atoms with Crippen molar-refractivity contribution >= 4 is 5.91 Å². The van der Waals surface area contributed by atoms with E-state index in [0.29, 0.717) is 12.3 Å². The van der Waals surface area contributed by atoms with Crippen LogP contribution in [0.5, 0.6) is 0 Å². The fourth-order valence-corrected chi connectivity index (χ4v) is 3.75. The number of furan rings is 1. The highest BCUT2D eigenvalue weighted by Crippen LogP contribution is 2.35. The van der Waals surface area contributed by atoms with Gasteiger partial charge in [-0.3, -0.25) is 9.48 Å². The van der Waals surface area contributed by atoms with Gasteiger partial charge in [-0.25, -0.2) is 0 Å². The van der Waals surface area contributed by atoms with Gasteiger partial charge < -0.3 is 9.32 Å². The molecule has 0 radical (unpaired) electrons. The zero-order chi connectivity index (χ0) is 18.0. The van der Waals surface area contributed by atoms with Crippen LogP contribution in [0.3, 0.4) is 0 Å². The number of aryl methyl sites for hydroxylation is 4. The molecule has 1 fully saturated rings. The molecule has 1 amide bonds. The summed E-state index contributed by atoms with van der Waals surface area (Å²) in [6.07, 6.45) is 6.22. The standard InChI is InChI=1S/C20H29N3O2/c1-5-17-7-8-19(25-17)18-12-14(2)10-11-23(18)20(24)9-6-16-13-22(4)21-15(16)3/h7-8,13-14,18H,5-6,9-12H2,1-4H3/t14-,18+/m1/s1. The summed E-state index contributed by atoms with van der Waals surface area (Å²) < 4.78 is 7.79. The van der Waals surface area contributed by atoms with Gasteiger partial charge >= 0.3 is 0 Å². The highest BCUT2D eigenvalue weighted by Gasteiger charge is 2.32. The zero-order valence-corrected chi connectivity index (χ0v) is 15.8. The average Bonchev–Trinajstić information content (AvgIpc) is 3.18. The molecule has 0 aliphatic carbocycles. The predicted molar refractivity (Wildman–Crippen MR) is 97.2 cm³/mol. The molecular weight excluding hydrogens is 314 g/mol. The number of aromatic nitrogens is 2. The van der Waals surface area contributed by atoms with E-state index in [0.717, 1.165) is 55.0 Å². The second kappa shape index (κ2) is 7.46. The Morgan fingerprint density at radius 1 is 1.40 bits per heavy atom. The smallest absolute Gasteiger partial charge is 0.223 e. The van der Waals surface area contributed by atoms with Crippen LogP contribution in [0.25, 0.3) is 0 Å². The quantitative estimate of drug-likeness (QED) is 0.829. The minimum Gasteiger partial charge on any atom is -0.464 e. The summed E-state index contributed by atoms with van der Waals surface area (Å²) in [5, 5.41) is 4.36. The van der Waals surface area contributed by atoms with Gasteiger partial charge in [-0.1, -0.05) is 13.8 Å². The van der Waals surface area contributed by atoms with Crippen molar-refractivity contribution in [1.82, 2.24) is 14.7 Å². The summed E-state index contributed by atoms with van der Waals surface area (Å²) in [6.45, 7) is 7.17. The van der Waals surface area contributed by atoms with E-state index >= 15 is 0 Å². The minimum absolute atomic E-state index is 0.0755. The van der Waals surface area contributed by atoms with Crippen LogP contribution in [-0.2, 0) is 24.7 Å². The molecule has 136 valence electrons. The molecule has 2 aromatic rings. The Labute approximate surface area is 150 Å². The van der Waals surface area contributed by atoms with Crippen molar-refractivity contribution in [2.45, 2.75) is 58.9 Å². The molecule has 0 saturated carbocycles. The molecule has 0 spiro atoms. The van der Waals surface area contributed by atoms with E-state index in [1.54, 1.807) is 0 Å². The van der Waals surface area contributed by atoms with Crippen molar-refractivity contribution in [3.05, 3.63) is 41.1 Å².